The van der Waals surface area contributed by atoms with Crippen LogP contribution in [0.3, 0.4) is 0 Å². The predicted molar refractivity (Wildman–Crippen MR) is 237 cm³/mol. The number of aldehydes is 3. The minimum absolute atomic E-state index is 0.0120. The van der Waals surface area contributed by atoms with Crippen molar-refractivity contribution in [2.45, 2.75) is 107 Å². The normalized spacial score (nSPS) is 17.1. The van der Waals surface area contributed by atoms with Crippen molar-refractivity contribution in [2.24, 2.45) is 0 Å². The highest BCUT2D eigenvalue weighted by molar-refractivity contribution is 8.00. The van der Waals surface area contributed by atoms with Gasteiger partial charge in [-0.2, -0.15) is 11.8 Å². The third-order valence-electron chi connectivity index (χ3n) is 11.0. The fraction of sp³-hybridized carbons (Fsp3) is 0.651. The maximum atomic E-state index is 12.6. The number of carbonyl (C=O) groups excluding carboxylic acids is 7. The first-order valence-electron chi connectivity index (χ1n) is 21.9. The molecule has 0 radical (unpaired) electrons. The van der Waals surface area contributed by atoms with Crippen LogP contribution in [0.15, 0.2) is 24.3 Å². The van der Waals surface area contributed by atoms with Crippen molar-refractivity contribution in [1.29, 1.82) is 0 Å². The molecular formula is C43H66N8O11S. The number of urea groups is 1. The van der Waals surface area contributed by atoms with Crippen molar-refractivity contribution in [3.05, 3.63) is 29.8 Å². The standard InChI is InChI=1S/C43H66N8O11S/c52-24-21-49(19-20-50(29-40(58)59)30-41(60)61)28-34(51(22-25-53)23-26-54)27-32-13-15-33(16-14-32)46-39(57)12-4-2-8-18-44-37(55)10-3-1-7-17-45-38(56)11-6-5-9-36-42-35(31-63-36)47-43(62)48-42/h13-16,24-26,34-36,42H,1-12,17-23,27-31H2,(H,44,55)(H,45,56)(H,46,57)(H,58,59)(H,60,61)(H2,47,48,62). The van der Waals surface area contributed by atoms with Crippen LogP contribution in [0.1, 0.15) is 82.6 Å². The van der Waals surface area contributed by atoms with Gasteiger partial charge in [0.1, 0.15) is 18.9 Å². The van der Waals surface area contributed by atoms with E-state index in [0.717, 1.165) is 62.7 Å². The van der Waals surface area contributed by atoms with Gasteiger partial charge in [0.25, 0.3) is 0 Å². The molecule has 63 heavy (non-hydrogen) atoms. The summed E-state index contributed by atoms with van der Waals surface area (Å²) >= 11 is 1.88. The summed E-state index contributed by atoms with van der Waals surface area (Å²) in [6.07, 6.45) is 10.9. The highest BCUT2D eigenvalue weighted by Gasteiger charge is 2.42. The number of carboxylic acids is 2. The van der Waals surface area contributed by atoms with Gasteiger partial charge in [0.05, 0.1) is 44.8 Å². The van der Waals surface area contributed by atoms with Gasteiger partial charge in [0.2, 0.25) is 17.7 Å². The number of hydrogen-bond acceptors (Lipinski definition) is 13. The van der Waals surface area contributed by atoms with Crippen LogP contribution in [0.4, 0.5) is 10.5 Å². The van der Waals surface area contributed by atoms with Gasteiger partial charge in [0.15, 0.2) is 0 Å². The highest BCUT2D eigenvalue weighted by atomic mass is 32.2. The third kappa shape index (κ3) is 21.8. The molecule has 0 bridgehead atoms. The lowest BCUT2D eigenvalue weighted by Crippen LogP contribution is -2.49. The van der Waals surface area contributed by atoms with E-state index in [1.54, 1.807) is 21.9 Å². The average molecular weight is 903 g/mol. The Hall–Kier alpha value is -4.92. The molecule has 5 amide bonds. The topological polar surface area (TPSA) is 264 Å². The first kappa shape index (κ1) is 52.4. The zero-order chi connectivity index (χ0) is 45.8. The second-order valence-electron chi connectivity index (χ2n) is 16.0. The number of fused-ring (bicyclic) bond motifs is 1. The Labute approximate surface area is 373 Å². The number of hydrogen-bond donors (Lipinski definition) is 7. The molecule has 1 aromatic carbocycles. The number of thioether (sulfide) groups is 1. The van der Waals surface area contributed by atoms with E-state index in [-0.39, 0.29) is 75.1 Å². The van der Waals surface area contributed by atoms with Crippen molar-refractivity contribution in [3.63, 3.8) is 0 Å². The molecular weight excluding hydrogens is 837 g/mol. The van der Waals surface area contributed by atoms with Gasteiger partial charge in [-0.25, -0.2) is 4.79 Å². The summed E-state index contributed by atoms with van der Waals surface area (Å²) in [7, 11) is 0. The maximum absolute atomic E-state index is 12.6. The summed E-state index contributed by atoms with van der Waals surface area (Å²) in [6.45, 7) is 0.482. The molecule has 0 aliphatic carbocycles. The smallest absolute Gasteiger partial charge is 0.317 e. The van der Waals surface area contributed by atoms with E-state index < -0.39 is 31.1 Å². The third-order valence-corrected chi connectivity index (χ3v) is 12.5. The Balaban J connectivity index is 1.27. The highest BCUT2D eigenvalue weighted by Crippen LogP contribution is 2.33. The van der Waals surface area contributed by atoms with E-state index in [1.807, 2.05) is 23.9 Å². The number of rotatable bonds is 36. The van der Waals surface area contributed by atoms with Gasteiger partial charge in [0, 0.05) is 74.7 Å². The van der Waals surface area contributed by atoms with Crippen LogP contribution in [-0.2, 0) is 44.8 Å². The fourth-order valence-corrected chi connectivity index (χ4v) is 9.26. The summed E-state index contributed by atoms with van der Waals surface area (Å²) in [5, 5.41) is 33.5. The molecule has 4 atom stereocenters. The molecule has 0 saturated carbocycles. The Kier molecular flexibility index (Phi) is 25.1. The van der Waals surface area contributed by atoms with Crippen molar-refractivity contribution in [1.82, 2.24) is 36.0 Å². The van der Waals surface area contributed by atoms with Crippen molar-refractivity contribution in [3.8, 4) is 0 Å². The van der Waals surface area contributed by atoms with E-state index in [1.165, 1.54) is 4.90 Å². The number of benzene rings is 1. The summed E-state index contributed by atoms with van der Waals surface area (Å²) in [5.74, 6) is -1.55. The van der Waals surface area contributed by atoms with Gasteiger partial charge < -0.3 is 51.2 Å². The van der Waals surface area contributed by atoms with Gasteiger partial charge in [-0.3, -0.25) is 38.7 Å². The predicted octanol–water partition coefficient (Wildman–Crippen LogP) is 1.29. The first-order valence-corrected chi connectivity index (χ1v) is 23.0. The minimum Gasteiger partial charge on any atom is -0.480 e. The Morgan fingerprint density at radius 1 is 0.714 bits per heavy atom. The SMILES string of the molecule is O=CCN(CCN(CC(=O)O)CC(=O)O)CC(Cc1ccc(NC(=O)CCCCCNC(=O)CCCCCNC(=O)CCCCC2SCC3NC(=O)NC32)cc1)N(CC=O)CC=O. The largest absolute Gasteiger partial charge is 0.480 e. The molecule has 20 heteroatoms. The molecule has 2 fully saturated rings. The van der Waals surface area contributed by atoms with Gasteiger partial charge in [-0.05, 0) is 62.6 Å². The molecule has 4 unspecified atom stereocenters. The van der Waals surface area contributed by atoms with Gasteiger partial charge in [-0.15, -0.1) is 0 Å². The quantitative estimate of drug-likeness (QED) is 0.0284. The average Bonchev–Trinajstić information content (AvgIpc) is 3.79. The summed E-state index contributed by atoms with van der Waals surface area (Å²) < 4.78 is 0. The van der Waals surface area contributed by atoms with Gasteiger partial charge >= 0.3 is 18.0 Å². The number of aliphatic carboxylic acids is 2. The van der Waals surface area contributed by atoms with E-state index in [4.69, 9.17) is 0 Å². The molecule has 0 spiro atoms. The van der Waals surface area contributed by atoms with E-state index >= 15 is 0 Å². The number of carbonyl (C=O) groups is 9. The zero-order valence-corrected chi connectivity index (χ0v) is 37.0. The maximum Gasteiger partial charge on any atom is 0.317 e. The van der Waals surface area contributed by atoms with Gasteiger partial charge in [-0.1, -0.05) is 31.4 Å². The number of anilines is 1. The molecule has 2 aliphatic rings. The Morgan fingerprint density at radius 3 is 1.84 bits per heavy atom. The minimum atomic E-state index is -1.19. The molecule has 2 saturated heterocycles. The van der Waals surface area contributed by atoms with Crippen LogP contribution >= 0.6 is 11.8 Å². The molecule has 2 aliphatic heterocycles. The molecule has 0 aromatic heterocycles. The van der Waals surface area contributed by atoms with Crippen LogP contribution in [-0.4, -0.2) is 174 Å². The number of unbranched alkanes of at least 4 members (excludes halogenated alkanes) is 5. The van der Waals surface area contributed by atoms with E-state index in [9.17, 15) is 53.4 Å². The Morgan fingerprint density at radius 2 is 1.27 bits per heavy atom. The number of carboxylic acid groups (broad SMARTS) is 2. The van der Waals surface area contributed by atoms with E-state index in [2.05, 4.69) is 26.6 Å². The molecule has 19 nitrogen and oxygen atoms in total. The lowest BCUT2D eigenvalue weighted by Gasteiger charge is -2.34. The summed E-state index contributed by atoms with van der Waals surface area (Å²) in [4.78, 5) is 110. The molecule has 350 valence electrons. The second-order valence-corrected chi connectivity index (χ2v) is 17.3. The number of amides is 5. The van der Waals surface area contributed by atoms with Crippen LogP contribution in [0.25, 0.3) is 0 Å². The van der Waals surface area contributed by atoms with Crippen LogP contribution < -0.4 is 26.6 Å². The molecule has 2 heterocycles. The molecule has 7 N–H and O–H groups in total. The van der Waals surface area contributed by atoms with Crippen LogP contribution in [0, 0.1) is 0 Å². The zero-order valence-electron chi connectivity index (χ0n) is 36.1. The number of nitrogens with zero attached hydrogens (tertiary/aromatic N) is 3. The monoisotopic (exact) mass is 902 g/mol. The summed E-state index contributed by atoms with van der Waals surface area (Å²) in [5.41, 5.74) is 1.43. The lowest BCUT2D eigenvalue weighted by atomic mass is 10.0. The molecule has 1 aromatic rings. The summed E-state index contributed by atoms with van der Waals surface area (Å²) in [6, 6.07) is 7.06. The van der Waals surface area contributed by atoms with Crippen molar-refractivity contribution in [2.75, 3.05) is 76.5 Å². The van der Waals surface area contributed by atoms with E-state index in [0.29, 0.717) is 75.0 Å². The second kappa shape index (κ2) is 30.2. The lowest BCUT2D eigenvalue weighted by molar-refractivity contribution is -0.142. The first-order chi connectivity index (χ1) is 30.4. The van der Waals surface area contributed by atoms with Crippen molar-refractivity contribution < 1.29 is 53.4 Å². The van der Waals surface area contributed by atoms with Crippen LogP contribution in [0.5, 0.6) is 0 Å². The Bertz CT molecular complexity index is 1610. The van der Waals surface area contributed by atoms with Crippen molar-refractivity contribution >= 4 is 72.0 Å². The fourth-order valence-electron chi connectivity index (χ4n) is 7.71. The van der Waals surface area contributed by atoms with Crippen LogP contribution in [0.2, 0.25) is 0 Å². The molecule has 3 rings (SSSR count). The number of nitrogens with one attached hydrogen (secondary N) is 5.